The quantitative estimate of drug-likeness (QED) is 0.420. The van der Waals surface area contributed by atoms with Gasteiger partial charge in [-0.15, -0.1) is 0 Å². The minimum Gasteiger partial charge on any atom is -0.459 e. The van der Waals surface area contributed by atoms with Crippen molar-refractivity contribution in [1.82, 2.24) is 0 Å². The molecule has 0 saturated carbocycles. The van der Waals surface area contributed by atoms with Gasteiger partial charge in [-0.25, -0.2) is 0 Å². The molecule has 0 fully saturated rings. The van der Waals surface area contributed by atoms with Crippen molar-refractivity contribution in [2.45, 2.75) is 25.2 Å². The van der Waals surface area contributed by atoms with E-state index >= 15 is 0 Å². The Bertz CT molecular complexity index is 114. The third kappa shape index (κ3) is 3.31. The monoisotopic (exact) mass is 164 g/mol. The molecule has 3 atom stereocenters. The van der Waals surface area contributed by atoms with E-state index in [9.17, 15) is 4.79 Å². The van der Waals surface area contributed by atoms with Gasteiger partial charge < -0.3 is 20.1 Å². The summed E-state index contributed by atoms with van der Waals surface area (Å²) in [5, 5.41) is 26.3. The predicted molar refractivity (Wildman–Crippen MR) is 35.7 cm³/mol. The highest BCUT2D eigenvalue weighted by molar-refractivity contribution is 5.37. The van der Waals surface area contributed by atoms with Gasteiger partial charge in [0.05, 0.1) is 12.7 Å². The van der Waals surface area contributed by atoms with E-state index in [2.05, 4.69) is 4.74 Å². The number of aliphatic hydroxyl groups is 3. The lowest BCUT2D eigenvalue weighted by Gasteiger charge is -2.20. The number of hydrogen-bond donors (Lipinski definition) is 3. The van der Waals surface area contributed by atoms with E-state index in [-0.39, 0.29) is 6.47 Å². The number of carbonyl (C=O) groups is 1. The molecule has 3 unspecified atom stereocenters. The molecule has 0 saturated heterocycles. The summed E-state index contributed by atoms with van der Waals surface area (Å²) in [5.41, 5.74) is 0. The first-order chi connectivity index (χ1) is 5.13. The van der Waals surface area contributed by atoms with Crippen LogP contribution < -0.4 is 0 Å². The van der Waals surface area contributed by atoms with Crippen LogP contribution >= 0.6 is 0 Å². The maximum absolute atomic E-state index is 9.78. The summed E-state index contributed by atoms with van der Waals surface area (Å²) in [4.78, 5) is 9.78. The standard InChI is InChI=1S/C6H12O5/c1-4(9)6(10)5(2-7)11-3-8/h3-7,9-10H,2H2,1H3. The van der Waals surface area contributed by atoms with Gasteiger partial charge in [0.15, 0.2) is 6.10 Å². The van der Waals surface area contributed by atoms with Crippen LogP contribution in [0.1, 0.15) is 6.92 Å². The molecule has 0 aliphatic carbocycles. The summed E-state index contributed by atoms with van der Waals surface area (Å²) in [6, 6.07) is 0. The smallest absolute Gasteiger partial charge is 0.293 e. The molecule has 0 rings (SSSR count). The molecule has 5 nitrogen and oxygen atoms in total. The first-order valence-electron chi connectivity index (χ1n) is 3.19. The third-order valence-electron chi connectivity index (χ3n) is 1.29. The summed E-state index contributed by atoms with van der Waals surface area (Å²) in [6.07, 6.45) is -3.33. The molecule has 0 spiro atoms. The molecule has 5 heteroatoms. The Labute approximate surface area is 64.2 Å². The van der Waals surface area contributed by atoms with Crippen molar-refractivity contribution >= 4 is 6.47 Å². The molecule has 0 aliphatic heterocycles. The number of ether oxygens (including phenoxy) is 1. The molecule has 0 aromatic rings. The Balaban J connectivity index is 3.90. The zero-order chi connectivity index (χ0) is 8.85. The molecule has 0 aromatic heterocycles. The number of carbonyl (C=O) groups excluding carboxylic acids is 1. The second kappa shape index (κ2) is 5.06. The van der Waals surface area contributed by atoms with Crippen LogP contribution in [0.4, 0.5) is 0 Å². The van der Waals surface area contributed by atoms with Crippen LogP contribution in [0, 0.1) is 0 Å². The normalized spacial score (nSPS) is 18.5. The molecule has 3 N–H and O–H groups in total. The van der Waals surface area contributed by atoms with Crippen LogP contribution in [-0.2, 0) is 9.53 Å². The number of hydrogen-bond acceptors (Lipinski definition) is 5. The molecule has 0 aliphatic rings. The molecule has 0 aromatic carbocycles. The Morgan fingerprint density at radius 2 is 2.09 bits per heavy atom. The van der Waals surface area contributed by atoms with Gasteiger partial charge >= 0.3 is 0 Å². The van der Waals surface area contributed by atoms with Crippen molar-refractivity contribution in [3.63, 3.8) is 0 Å². The highest BCUT2D eigenvalue weighted by Gasteiger charge is 2.23. The van der Waals surface area contributed by atoms with E-state index in [4.69, 9.17) is 15.3 Å². The van der Waals surface area contributed by atoms with Gasteiger partial charge in [-0.1, -0.05) is 0 Å². The van der Waals surface area contributed by atoms with Crippen LogP contribution in [0.2, 0.25) is 0 Å². The summed E-state index contributed by atoms with van der Waals surface area (Å²) >= 11 is 0. The average Bonchev–Trinajstić information content (AvgIpc) is 1.98. The molecule has 0 amide bonds. The van der Waals surface area contributed by atoms with Crippen molar-refractivity contribution in [1.29, 1.82) is 0 Å². The highest BCUT2D eigenvalue weighted by Crippen LogP contribution is 2.02. The van der Waals surface area contributed by atoms with Gasteiger partial charge in [-0.05, 0) is 6.92 Å². The third-order valence-corrected chi connectivity index (χ3v) is 1.29. The van der Waals surface area contributed by atoms with Gasteiger partial charge in [-0.2, -0.15) is 0 Å². The maximum Gasteiger partial charge on any atom is 0.293 e. The lowest BCUT2D eigenvalue weighted by Crippen LogP contribution is -2.39. The second-order valence-electron chi connectivity index (χ2n) is 2.18. The summed E-state index contributed by atoms with van der Waals surface area (Å²) in [6.45, 7) is 0.943. The van der Waals surface area contributed by atoms with Gasteiger partial charge in [0.2, 0.25) is 0 Å². The molecule has 0 radical (unpaired) electrons. The molecule has 0 heterocycles. The lowest BCUT2D eigenvalue weighted by atomic mass is 10.1. The largest absolute Gasteiger partial charge is 0.459 e. The predicted octanol–water partition coefficient (Wildman–Crippen LogP) is -1.74. The van der Waals surface area contributed by atoms with E-state index in [1.54, 1.807) is 0 Å². The van der Waals surface area contributed by atoms with Crippen molar-refractivity contribution in [2.75, 3.05) is 6.61 Å². The minimum atomic E-state index is -1.25. The zero-order valence-corrected chi connectivity index (χ0v) is 6.17. The van der Waals surface area contributed by atoms with E-state index < -0.39 is 24.9 Å². The fourth-order valence-corrected chi connectivity index (χ4v) is 0.614. The van der Waals surface area contributed by atoms with Crippen molar-refractivity contribution < 1.29 is 24.9 Å². The van der Waals surface area contributed by atoms with Crippen LogP contribution in [0.15, 0.2) is 0 Å². The van der Waals surface area contributed by atoms with E-state index in [1.807, 2.05) is 0 Å². The van der Waals surface area contributed by atoms with E-state index in [1.165, 1.54) is 6.92 Å². The highest BCUT2D eigenvalue weighted by atomic mass is 16.5. The fourth-order valence-electron chi connectivity index (χ4n) is 0.614. The van der Waals surface area contributed by atoms with E-state index in [0.717, 1.165) is 0 Å². The van der Waals surface area contributed by atoms with Gasteiger partial charge in [0, 0.05) is 0 Å². The fraction of sp³-hybridized carbons (Fsp3) is 0.833. The molecule has 66 valence electrons. The summed E-state index contributed by atoms with van der Waals surface area (Å²) in [7, 11) is 0. The Kier molecular flexibility index (Phi) is 4.76. The first kappa shape index (κ1) is 10.3. The van der Waals surface area contributed by atoms with Crippen LogP contribution in [-0.4, -0.2) is 46.7 Å². The van der Waals surface area contributed by atoms with E-state index in [0.29, 0.717) is 0 Å². The lowest BCUT2D eigenvalue weighted by molar-refractivity contribution is -0.148. The molecular formula is C6H12O5. The molecule has 0 bridgehead atoms. The number of aliphatic hydroxyl groups excluding tert-OH is 3. The maximum atomic E-state index is 9.78. The van der Waals surface area contributed by atoms with Gasteiger partial charge in [0.25, 0.3) is 6.47 Å². The topological polar surface area (TPSA) is 87.0 Å². The first-order valence-corrected chi connectivity index (χ1v) is 3.19. The number of rotatable bonds is 5. The molecular weight excluding hydrogens is 152 g/mol. The summed E-state index contributed by atoms with van der Waals surface area (Å²) in [5.74, 6) is 0. The Morgan fingerprint density at radius 3 is 2.36 bits per heavy atom. The van der Waals surface area contributed by atoms with Crippen LogP contribution in [0.5, 0.6) is 0 Å². The average molecular weight is 164 g/mol. The SMILES string of the molecule is CC(O)C(O)C(CO)OC=O. The zero-order valence-electron chi connectivity index (χ0n) is 6.17. The minimum absolute atomic E-state index is 0.118. The van der Waals surface area contributed by atoms with Crippen molar-refractivity contribution in [3.05, 3.63) is 0 Å². The Morgan fingerprint density at radius 1 is 1.55 bits per heavy atom. The van der Waals surface area contributed by atoms with Gasteiger partial charge in [0.1, 0.15) is 6.10 Å². The van der Waals surface area contributed by atoms with Crippen molar-refractivity contribution in [2.24, 2.45) is 0 Å². The van der Waals surface area contributed by atoms with Crippen LogP contribution in [0.3, 0.4) is 0 Å². The van der Waals surface area contributed by atoms with Crippen molar-refractivity contribution in [3.8, 4) is 0 Å². The second-order valence-corrected chi connectivity index (χ2v) is 2.18. The van der Waals surface area contributed by atoms with Gasteiger partial charge in [-0.3, -0.25) is 4.79 Å². The Hall–Kier alpha value is -0.650. The van der Waals surface area contributed by atoms with Crippen LogP contribution in [0.25, 0.3) is 0 Å². The summed E-state index contributed by atoms with van der Waals surface area (Å²) < 4.78 is 4.27. The molecule has 11 heavy (non-hydrogen) atoms.